The molecule has 0 fully saturated rings. The second kappa shape index (κ2) is 4.56. The largest absolute Gasteiger partial charge is 0.273 e. The zero-order valence-corrected chi connectivity index (χ0v) is 8.45. The smallest absolute Gasteiger partial charge is 0.247 e. The summed E-state index contributed by atoms with van der Waals surface area (Å²) in [5, 5.41) is 12.4. The summed E-state index contributed by atoms with van der Waals surface area (Å²) in [6, 6.07) is 3.88. The summed E-state index contributed by atoms with van der Waals surface area (Å²) in [4.78, 5) is 11.5. The molecule has 4 nitrogen and oxygen atoms in total. The Morgan fingerprint density at radius 3 is 2.86 bits per heavy atom. The zero-order valence-electron chi connectivity index (χ0n) is 8.45. The van der Waals surface area contributed by atoms with Crippen molar-refractivity contribution in [3.63, 3.8) is 0 Å². The molecule has 1 heterocycles. The molecule has 0 saturated carbocycles. The molecule has 0 saturated heterocycles. The van der Waals surface area contributed by atoms with Gasteiger partial charge >= 0.3 is 0 Å². The predicted octanol–water partition coefficient (Wildman–Crippen LogP) is 1.83. The highest BCUT2D eigenvalue weighted by Gasteiger charge is 2.08. The molecule has 1 rings (SSSR count). The lowest BCUT2D eigenvalue weighted by Gasteiger charge is -2.00. The normalized spacial score (nSPS) is 9.79. The fraction of sp³-hybridized carbons (Fsp3) is 0.500. The van der Waals surface area contributed by atoms with Crippen LogP contribution in [0.25, 0.3) is 0 Å². The number of nitriles is 1. The first-order chi connectivity index (χ1) is 6.65. The molecule has 0 atom stereocenters. The minimum atomic E-state index is -0.0362. The lowest BCUT2D eigenvalue weighted by molar-refractivity contribution is 0.0882. The van der Waals surface area contributed by atoms with E-state index in [2.05, 4.69) is 5.10 Å². The van der Waals surface area contributed by atoms with E-state index in [1.807, 2.05) is 26.0 Å². The van der Waals surface area contributed by atoms with E-state index in [1.54, 1.807) is 0 Å². The Morgan fingerprint density at radius 1 is 1.64 bits per heavy atom. The molecule has 0 spiro atoms. The van der Waals surface area contributed by atoms with E-state index in [-0.39, 0.29) is 5.91 Å². The topological polar surface area (TPSA) is 58.7 Å². The van der Waals surface area contributed by atoms with Crippen molar-refractivity contribution in [2.75, 3.05) is 0 Å². The van der Waals surface area contributed by atoms with Crippen molar-refractivity contribution in [3.8, 4) is 6.07 Å². The third-order valence-electron chi connectivity index (χ3n) is 1.93. The lowest BCUT2D eigenvalue weighted by Crippen LogP contribution is -2.13. The average Bonchev–Trinajstić information content (AvgIpc) is 2.45. The monoisotopic (exact) mass is 191 g/mol. The molecule has 0 aliphatic rings. The van der Waals surface area contributed by atoms with E-state index >= 15 is 0 Å². The fourth-order valence-corrected chi connectivity index (χ4v) is 1.31. The van der Waals surface area contributed by atoms with E-state index in [0.717, 1.165) is 11.4 Å². The van der Waals surface area contributed by atoms with Gasteiger partial charge in [0.25, 0.3) is 0 Å². The molecule has 1 aromatic heterocycles. The SMILES string of the molecule is Cc1cc(C)n(C(=O)CCCC#N)n1. The summed E-state index contributed by atoms with van der Waals surface area (Å²) >= 11 is 0. The van der Waals surface area contributed by atoms with Crippen LogP contribution in [0.3, 0.4) is 0 Å². The highest BCUT2D eigenvalue weighted by Crippen LogP contribution is 2.04. The number of carbonyl (C=O) groups is 1. The molecule has 0 radical (unpaired) electrons. The molecule has 14 heavy (non-hydrogen) atoms. The van der Waals surface area contributed by atoms with Crippen LogP contribution in [0, 0.1) is 25.2 Å². The highest BCUT2D eigenvalue weighted by atomic mass is 16.2. The number of carbonyl (C=O) groups excluding carboxylic acids is 1. The molecule has 0 aliphatic carbocycles. The van der Waals surface area contributed by atoms with Crippen molar-refractivity contribution in [1.82, 2.24) is 9.78 Å². The van der Waals surface area contributed by atoms with Gasteiger partial charge in [0.2, 0.25) is 5.91 Å². The molecule has 4 heteroatoms. The Kier molecular flexibility index (Phi) is 3.41. The van der Waals surface area contributed by atoms with Gasteiger partial charge in [-0.2, -0.15) is 10.4 Å². The van der Waals surface area contributed by atoms with E-state index in [4.69, 9.17) is 5.26 Å². The summed E-state index contributed by atoms with van der Waals surface area (Å²) in [6.45, 7) is 3.70. The van der Waals surface area contributed by atoms with Crippen LogP contribution in [0.15, 0.2) is 6.07 Å². The Labute approximate surface area is 83.1 Å². The summed E-state index contributed by atoms with van der Waals surface area (Å²) in [5.74, 6) is -0.0362. The number of rotatable bonds is 3. The third-order valence-corrected chi connectivity index (χ3v) is 1.93. The van der Waals surface area contributed by atoms with Crippen molar-refractivity contribution >= 4 is 5.91 Å². The van der Waals surface area contributed by atoms with Gasteiger partial charge < -0.3 is 0 Å². The molecule has 0 N–H and O–H groups in total. The first kappa shape index (κ1) is 10.5. The van der Waals surface area contributed by atoms with Crippen molar-refractivity contribution in [2.24, 2.45) is 0 Å². The first-order valence-electron chi connectivity index (χ1n) is 4.58. The quantitative estimate of drug-likeness (QED) is 0.685. The summed E-state index contributed by atoms with van der Waals surface area (Å²) in [5.41, 5.74) is 1.69. The third kappa shape index (κ3) is 2.43. The zero-order chi connectivity index (χ0) is 10.6. The standard InChI is InChI=1S/C10H13N3O/c1-8-7-9(2)13(12-8)10(14)5-3-4-6-11/h7H,3-5H2,1-2H3. The molecule has 0 bridgehead atoms. The van der Waals surface area contributed by atoms with Gasteiger partial charge in [0.15, 0.2) is 0 Å². The van der Waals surface area contributed by atoms with Gasteiger partial charge in [-0.15, -0.1) is 0 Å². The van der Waals surface area contributed by atoms with E-state index in [9.17, 15) is 4.79 Å². The Morgan fingerprint density at radius 2 is 2.36 bits per heavy atom. The predicted molar refractivity (Wildman–Crippen MR) is 51.8 cm³/mol. The van der Waals surface area contributed by atoms with Gasteiger partial charge in [0.05, 0.1) is 11.8 Å². The fourth-order valence-electron chi connectivity index (χ4n) is 1.31. The maximum Gasteiger partial charge on any atom is 0.247 e. The van der Waals surface area contributed by atoms with Crippen LogP contribution in [0.4, 0.5) is 0 Å². The molecule has 0 unspecified atom stereocenters. The number of hydrogen-bond acceptors (Lipinski definition) is 3. The van der Waals surface area contributed by atoms with Gasteiger partial charge in [-0.25, -0.2) is 4.68 Å². The molecule has 1 aromatic rings. The number of aryl methyl sites for hydroxylation is 2. The van der Waals surface area contributed by atoms with Gasteiger partial charge in [-0.3, -0.25) is 4.79 Å². The van der Waals surface area contributed by atoms with Gasteiger partial charge in [-0.1, -0.05) is 0 Å². The van der Waals surface area contributed by atoms with Crippen LogP contribution in [0.5, 0.6) is 0 Å². The first-order valence-corrected chi connectivity index (χ1v) is 4.58. The Balaban J connectivity index is 2.61. The van der Waals surface area contributed by atoms with Gasteiger partial charge in [0, 0.05) is 18.5 Å². The second-order valence-corrected chi connectivity index (χ2v) is 3.24. The van der Waals surface area contributed by atoms with Crippen molar-refractivity contribution < 1.29 is 4.79 Å². The Hall–Kier alpha value is -1.63. The molecule has 0 amide bonds. The molecule has 74 valence electrons. The van der Waals surface area contributed by atoms with Crippen molar-refractivity contribution in [3.05, 3.63) is 17.5 Å². The van der Waals surface area contributed by atoms with Crippen LogP contribution in [-0.4, -0.2) is 15.7 Å². The summed E-state index contributed by atoms with van der Waals surface area (Å²) in [7, 11) is 0. The maximum absolute atomic E-state index is 11.5. The van der Waals surface area contributed by atoms with Crippen LogP contribution in [0.2, 0.25) is 0 Å². The maximum atomic E-state index is 11.5. The minimum absolute atomic E-state index is 0.0362. The van der Waals surface area contributed by atoms with Crippen LogP contribution < -0.4 is 0 Å². The second-order valence-electron chi connectivity index (χ2n) is 3.24. The number of nitrogens with zero attached hydrogens (tertiary/aromatic N) is 3. The molecular weight excluding hydrogens is 178 g/mol. The van der Waals surface area contributed by atoms with E-state index in [0.29, 0.717) is 19.3 Å². The number of hydrogen-bond donors (Lipinski definition) is 0. The highest BCUT2D eigenvalue weighted by molar-refractivity contribution is 5.78. The molecule has 0 aliphatic heterocycles. The average molecular weight is 191 g/mol. The number of unbranched alkanes of at least 4 members (excludes halogenated alkanes) is 1. The molecule has 0 aromatic carbocycles. The van der Waals surface area contributed by atoms with E-state index in [1.165, 1.54) is 4.68 Å². The summed E-state index contributed by atoms with van der Waals surface area (Å²) < 4.78 is 1.41. The van der Waals surface area contributed by atoms with Gasteiger partial charge in [0.1, 0.15) is 0 Å². The summed E-state index contributed by atoms with van der Waals surface area (Å²) in [6.07, 6.45) is 1.41. The van der Waals surface area contributed by atoms with Crippen LogP contribution >= 0.6 is 0 Å². The molecular formula is C10H13N3O. The minimum Gasteiger partial charge on any atom is -0.273 e. The lowest BCUT2D eigenvalue weighted by atomic mass is 10.2. The van der Waals surface area contributed by atoms with Crippen LogP contribution in [0.1, 0.15) is 35.4 Å². The van der Waals surface area contributed by atoms with Crippen molar-refractivity contribution in [2.45, 2.75) is 33.1 Å². The van der Waals surface area contributed by atoms with Gasteiger partial charge in [-0.05, 0) is 26.3 Å². The van der Waals surface area contributed by atoms with Crippen molar-refractivity contribution in [1.29, 1.82) is 5.26 Å². The Bertz CT molecular complexity index is 373. The van der Waals surface area contributed by atoms with E-state index < -0.39 is 0 Å². The van der Waals surface area contributed by atoms with Crippen LogP contribution in [-0.2, 0) is 0 Å². The number of aromatic nitrogens is 2.